The molecule has 0 bridgehead atoms. The molecule has 0 aromatic heterocycles. The van der Waals surface area contributed by atoms with E-state index in [0.717, 1.165) is 6.54 Å². The molecule has 4 heteroatoms. The fourth-order valence-electron chi connectivity index (χ4n) is 2.08. The SMILES string of the molecule is CSC1(CNC(C)C(=O)O)CCCCC1. The quantitative estimate of drug-likeness (QED) is 0.761. The fraction of sp³-hybridized carbons (Fsp3) is 0.909. The molecule has 0 aromatic carbocycles. The standard InChI is InChI=1S/C11H21NO2S/c1-9(10(13)14)12-8-11(15-2)6-4-3-5-7-11/h9,12H,3-8H2,1-2H3,(H,13,14). The second kappa shape index (κ2) is 5.75. The van der Waals surface area contributed by atoms with Gasteiger partial charge in [-0.15, -0.1) is 0 Å². The highest BCUT2D eigenvalue weighted by Crippen LogP contribution is 2.37. The molecule has 0 aromatic rings. The third-order valence-corrected chi connectivity index (χ3v) is 4.72. The van der Waals surface area contributed by atoms with E-state index < -0.39 is 12.0 Å². The minimum atomic E-state index is -0.762. The van der Waals surface area contributed by atoms with Crippen LogP contribution in [0.3, 0.4) is 0 Å². The first kappa shape index (κ1) is 12.8. The van der Waals surface area contributed by atoms with E-state index in [0.29, 0.717) is 0 Å². The molecule has 88 valence electrons. The minimum Gasteiger partial charge on any atom is -0.480 e. The number of carboxylic acid groups (broad SMARTS) is 1. The van der Waals surface area contributed by atoms with Crippen molar-refractivity contribution in [3.05, 3.63) is 0 Å². The van der Waals surface area contributed by atoms with Gasteiger partial charge in [-0.25, -0.2) is 0 Å². The first-order valence-electron chi connectivity index (χ1n) is 5.61. The molecule has 0 radical (unpaired) electrons. The van der Waals surface area contributed by atoms with Crippen molar-refractivity contribution >= 4 is 17.7 Å². The van der Waals surface area contributed by atoms with E-state index in [1.165, 1.54) is 32.1 Å². The van der Waals surface area contributed by atoms with Crippen molar-refractivity contribution in [3.8, 4) is 0 Å². The average Bonchev–Trinajstić information content (AvgIpc) is 2.27. The summed E-state index contributed by atoms with van der Waals surface area (Å²) >= 11 is 1.89. The minimum absolute atomic E-state index is 0.280. The number of carboxylic acids is 1. The highest BCUT2D eigenvalue weighted by Gasteiger charge is 2.31. The van der Waals surface area contributed by atoms with E-state index in [1.807, 2.05) is 11.8 Å². The van der Waals surface area contributed by atoms with Crippen LogP contribution in [0.2, 0.25) is 0 Å². The van der Waals surface area contributed by atoms with Crippen molar-refractivity contribution < 1.29 is 9.90 Å². The summed E-state index contributed by atoms with van der Waals surface area (Å²) in [7, 11) is 0. The molecule has 3 nitrogen and oxygen atoms in total. The molecule has 1 aliphatic carbocycles. The van der Waals surface area contributed by atoms with Crippen LogP contribution in [0.1, 0.15) is 39.0 Å². The smallest absolute Gasteiger partial charge is 0.320 e. The summed E-state index contributed by atoms with van der Waals surface area (Å²) < 4.78 is 0.280. The molecule has 15 heavy (non-hydrogen) atoms. The van der Waals surface area contributed by atoms with Gasteiger partial charge in [-0.2, -0.15) is 11.8 Å². The molecule has 1 rings (SSSR count). The first-order valence-corrected chi connectivity index (χ1v) is 6.83. The maximum absolute atomic E-state index is 10.7. The van der Waals surface area contributed by atoms with E-state index in [-0.39, 0.29) is 4.75 Å². The van der Waals surface area contributed by atoms with Gasteiger partial charge in [0.1, 0.15) is 6.04 Å². The van der Waals surface area contributed by atoms with Gasteiger partial charge in [0, 0.05) is 11.3 Å². The van der Waals surface area contributed by atoms with Crippen LogP contribution in [-0.2, 0) is 4.79 Å². The highest BCUT2D eigenvalue weighted by atomic mass is 32.2. The van der Waals surface area contributed by atoms with Gasteiger partial charge in [-0.1, -0.05) is 19.3 Å². The van der Waals surface area contributed by atoms with Gasteiger partial charge in [0.25, 0.3) is 0 Å². The van der Waals surface area contributed by atoms with Crippen molar-refractivity contribution in [1.29, 1.82) is 0 Å². The van der Waals surface area contributed by atoms with E-state index in [2.05, 4.69) is 11.6 Å². The summed E-state index contributed by atoms with van der Waals surface area (Å²) in [5.74, 6) is -0.762. The summed E-state index contributed by atoms with van der Waals surface area (Å²) in [5, 5.41) is 11.9. The van der Waals surface area contributed by atoms with Crippen LogP contribution in [0.15, 0.2) is 0 Å². The Morgan fingerprint density at radius 1 is 1.47 bits per heavy atom. The van der Waals surface area contributed by atoms with Gasteiger partial charge in [0.05, 0.1) is 0 Å². The molecule has 0 saturated heterocycles. The third-order valence-electron chi connectivity index (χ3n) is 3.30. The third kappa shape index (κ3) is 3.68. The van der Waals surface area contributed by atoms with Gasteiger partial charge < -0.3 is 10.4 Å². The van der Waals surface area contributed by atoms with Crippen LogP contribution in [0, 0.1) is 0 Å². The fourth-order valence-corrected chi connectivity index (χ4v) is 3.00. The van der Waals surface area contributed by atoms with Crippen LogP contribution >= 0.6 is 11.8 Å². The molecule has 0 amide bonds. The molecule has 0 spiro atoms. The normalized spacial score (nSPS) is 22.3. The summed E-state index contributed by atoms with van der Waals surface area (Å²) in [6, 6.07) is -0.434. The van der Waals surface area contributed by atoms with Crippen molar-refractivity contribution in [3.63, 3.8) is 0 Å². The van der Waals surface area contributed by atoms with Crippen molar-refractivity contribution in [2.75, 3.05) is 12.8 Å². The van der Waals surface area contributed by atoms with Gasteiger partial charge >= 0.3 is 5.97 Å². The van der Waals surface area contributed by atoms with Gasteiger partial charge in [0.2, 0.25) is 0 Å². The number of hydrogen-bond acceptors (Lipinski definition) is 3. The van der Waals surface area contributed by atoms with Gasteiger partial charge in [-0.05, 0) is 26.0 Å². The summed E-state index contributed by atoms with van der Waals surface area (Å²) in [5.41, 5.74) is 0. The van der Waals surface area contributed by atoms with Crippen molar-refractivity contribution in [2.24, 2.45) is 0 Å². The van der Waals surface area contributed by atoms with Crippen LogP contribution in [0.4, 0.5) is 0 Å². The lowest BCUT2D eigenvalue weighted by Crippen LogP contribution is -2.45. The molecular formula is C11H21NO2S. The Labute approximate surface area is 96.0 Å². The number of nitrogens with one attached hydrogen (secondary N) is 1. The summed E-state index contributed by atoms with van der Waals surface area (Å²) in [4.78, 5) is 10.7. The average molecular weight is 231 g/mol. The predicted molar refractivity (Wildman–Crippen MR) is 64.4 cm³/mol. The molecule has 1 atom stereocenters. The lowest BCUT2D eigenvalue weighted by atomic mass is 9.88. The number of aliphatic carboxylic acids is 1. The lowest BCUT2D eigenvalue weighted by molar-refractivity contribution is -0.139. The van der Waals surface area contributed by atoms with Crippen LogP contribution in [-0.4, -0.2) is 34.7 Å². The maximum Gasteiger partial charge on any atom is 0.320 e. The second-order valence-electron chi connectivity index (χ2n) is 4.39. The maximum atomic E-state index is 10.7. The number of carbonyl (C=O) groups is 1. The van der Waals surface area contributed by atoms with Crippen molar-refractivity contribution in [2.45, 2.75) is 49.8 Å². The molecule has 2 N–H and O–H groups in total. The number of hydrogen-bond donors (Lipinski definition) is 2. The zero-order chi connectivity index (χ0) is 11.3. The van der Waals surface area contributed by atoms with E-state index >= 15 is 0 Å². The Hall–Kier alpha value is -0.220. The predicted octanol–water partition coefficient (Wildman–Crippen LogP) is 2.11. The van der Waals surface area contributed by atoms with E-state index in [1.54, 1.807) is 6.92 Å². The van der Waals surface area contributed by atoms with E-state index in [9.17, 15) is 4.79 Å². The number of thioether (sulfide) groups is 1. The molecule has 1 unspecified atom stereocenters. The van der Waals surface area contributed by atoms with Crippen LogP contribution in [0.25, 0.3) is 0 Å². The Morgan fingerprint density at radius 2 is 2.07 bits per heavy atom. The Morgan fingerprint density at radius 3 is 2.53 bits per heavy atom. The van der Waals surface area contributed by atoms with Crippen molar-refractivity contribution in [1.82, 2.24) is 5.32 Å². The monoisotopic (exact) mass is 231 g/mol. The molecule has 1 fully saturated rings. The first-order chi connectivity index (χ1) is 7.09. The Kier molecular flexibility index (Phi) is 4.93. The zero-order valence-corrected chi connectivity index (χ0v) is 10.4. The van der Waals surface area contributed by atoms with Crippen LogP contribution < -0.4 is 5.32 Å². The topological polar surface area (TPSA) is 49.3 Å². The molecule has 1 aliphatic rings. The zero-order valence-electron chi connectivity index (χ0n) is 9.58. The molecule has 0 heterocycles. The van der Waals surface area contributed by atoms with Crippen LogP contribution in [0.5, 0.6) is 0 Å². The second-order valence-corrected chi connectivity index (χ2v) is 5.66. The van der Waals surface area contributed by atoms with Gasteiger partial charge in [-0.3, -0.25) is 4.79 Å². The summed E-state index contributed by atoms with van der Waals surface area (Å²) in [6.45, 7) is 2.53. The lowest BCUT2D eigenvalue weighted by Gasteiger charge is -2.36. The molecule has 1 saturated carbocycles. The van der Waals surface area contributed by atoms with Gasteiger partial charge in [0.15, 0.2) is 0 Å². The molecular weight excluding hydrogens is 210 g/mol. The number of rotatable bonds is 5. The van der Waals surface area contributed by atoms with E-state index in [4.69, 9.17) is 5.11 Å². The summed E-state index contributed by atoms with van der Waals surface area (Å²) in [6.07, 6.45) is 8.46. The molecule has 0 aliphatic heterocycles. The highest BCUT2D eigenvalue weighted by molar-refractivity contribution is 8.00. The Balaban J connectivity index is 2.42. The Bertz CT molecular complexity index is 215. The largest absolute Gasteiger partial charge is 0.480 e.